The first-order chi connectivity index (χ1) is 8.90. The summed E-state index contributed by atoms with van der Waals surface area (Å²) in [6, 6.07) is 20.6. The van der Waals surface area contributed by atoms with Crippen molar-refractivity contribution in [2.75, 3.05) is 5.88 Å². The quantitative estimate of drug-likeness (QED) is 0.797. The van der Waals surface area contributed by atoms with Gasteiger partial charge in [-0.25, -0.2) is 0 Å². The highest BCUT2D eigenvalue weighted by Crippen LogP contribution is 2.12. The molecule has 0 fully saturated rings. The third kappa shape index (κ3) is 3.64. The van der Waals surface area contributed by atoms with Gasteiger partial charge in [0.1, 0.15) is 0 Å². The molecule has 1 N–H and O–H groups in total. The van der Waals surface area contributed by atoms with E-state index >= 15 is 0 Å². The molecule has 2 aromatic carbocycles. The highest BCUT2D eigenvalue weighted by atomic mass is 35.5. The van der Waals surface area contributed by atoms with E-state index in [2.05, 4.69) is 29.6 Å². The SMILES string of the molecule is ClC/C=C(\NCc1ccccc1)c1ccccc1. The number of allylic oxidation sites excluding steroid dienone is 1. The Bertz CT molecular complexity index is 491. The van der Waals surface area contributed by atoms with Gasteiger partial charge in [0.15, 0.2) is 0 Å². The zero-order chi connectivity index (χ0) is 12.6. The Labute approximate surface area is 113 Å². The Kier molecular flexibility index (Phi) is 4.86. The third-order valence-electron chi connectivity index (χ3n) is 2.69. The largest absolute Gasteiger partial charge is 0.381 e. The molecule has 0 aliphatic carbocycles. The number of rotatable bonds is 5. The van der Waals surface area contributed by atoms with E-state index in [1.165, 1.54) is 5.56 Å². The molecule has 0 aliphatic heterocycles. The molecule has 92 valence electrons. The normalized spacial score (nSPS) is 11.3. The minimum atomic E-state index is 0.506. The third-order valence-corrected chi connectivity index (χ3v) is 2.85. The summed E-state index contributed by atoms with van der Waals surface area (Å²) in [5.41, 5.74) is 3.50. The second-order valence-corrected chi connectivity index (χ2v) is 4.29. The summed E-state index contributed by atoms with van der Waals surface area (Å²) >= 11 is 5.81. The van der Waals surface area contributed by atoms with E-state index in [1.54, 1.807) is 0 Å². The molecule has 0 aliphatic rings. The van der Waals surface area contributed by atoms with Gasteiger partial charge in [0, 0.05) is 18.1 Å². The lowest BCUT2D eigenvalue weighted by Gasteiger charge is -2.11. The molecule has 18 heavy (non-hydrogen) atoms. The maximum absolute atomic E-state index is 5.81. The average molecular weight is 258 g/mol. The van der Waals surface area contributed by atoms with Gasteiger partial charge in [0.2, 0.25) is 0 Å². The van der Waals surface area contributed by atoms with Crippen molar-refractivity contribution in [2.24, 2.45) is 0 Å². The summed E-state index contributed by atoms with van der Waals surface area (Å²) in [4.78, 5) is 0. The van der Waals surface area contributed by atoms with Crippen LogP contribution in [0.4, 0.5) is 0 Å². The summed E-state index contributed by atoms with van der Waals surface area (Å²) in [7, 11) is 0. The Hall–Kier alpha value is -1.73. The Morgan fingerprint density at radius 1 is 0.944 bits per heavy atom. The van der Waals surface area contributed by atoms with Crippen LogP contribution in [-0.4, -0.2) is 5.88 Å². The minimum absolute atomic E-state index is 0.506. The summed E-state index contributed by atoms with van der Waals surface area (Å²) < 4.78 is 0. The van der Waals surface area contributed by atoms with Gasteiger partial charge in [-0.2, -0.15) is 0 Å². The summed E-state index contributed by atoms with van der Waals surface area (Å²) in [5, 5.41) is 3.43. The number of halogens is 1. The van der Waals surface area contributed by atoms with Crippen LogP contribution >= 0.6 is 11.6 Å². The van der Waals surface area contributed by atoms with Gasteiger partial charge in [-0.05, 0) is 17.2 Å². The molecule has 0 saturated heterocycles. The van der Waals surface area contributed by atoms with Crippen molar-refractivity contribution in [1.29, 1.82) is 0 Å². The molecule has 0 atom stereocenters. The summed E-state index contributed by atoms with van der Waals surface area (Å²) in [5.74, 6) is 0.506. The fourth-order valence-corrected chi connectivity index (χ4v) is 1.93. The van der Waals surface area contributed by atoms with E-state index in [1.807, 2.05) is 42.5 Å². The van der Waals surface area contributed by atoms with E-state index in [-0.39, 0.29) is 0 Å². The standard InChI is InChI=1S/C16H16ClN/c17-12-11-16(15-9-5-2-6-10-15)18-13-14-7-3-1-4-8-14/h1-11,18H,12-13H2/b16-11-. The van der Waals surface area contributed by atoms with E-state index in [0.717, 1.165) is 17.8 Å². The van der Waals surface area contributed by atoms with Crippen LogP contribution in [0.1, 0.15) is 11.1 Å². The Morgan fingerprint density at radius 2 is 1.56 bits per heavy atom. The van der Waals surface area contributed by atoms with Crippen molar-refractivity contribution in [2.45, 2.75) is 6.54 Å². The molecule has 2 heteroatoms. The fourth-order valence-electron chi connectivity index (χ4n) is 1.78. The molecule has 0 saturated carbocycles. The lowest BCUT2D eigenvalue weighted by atomic mass is 10.1. The van der Waals surface area contributed by atoms with E-state index in [9.17, 15) is 0 Å². The molecular weight excluding hydrogens is 242 g/mol. The second-order valence-electron chi connectivity index (χ2n) is 3.98. The number of alkyl halides is 1. The molecule has 0 bridgehead atoms. The highest BCUT2D eigenvalue weighted by molar-refractivity contribution is 6.19. The second kappa shape index (κ2) is 6.87. The molecule has 0 amide bonds. The van der Waals surface area contributed by atoms with Crippen LogP contribution in [0.15, 0.2) is 66.7 Å². The number of hydrogen-bond acceptors (Lipinski definition) is 1. The van der Waals surface area contributed by atoms with Gasteiger partial charge in [0.05, 0.1) is 0 Å². The van der Waals surface area contributed by atoms with Crippen molar-refractivity contribution < 1.29 is 0 Å². The van der Waals surface area contributed by atoms with Crippen LogP contribution in [0, 0.1) is 0 Å². The summed E-state index contributed by atoms with van der Waals surface area (Å²) in [6.45, 7) is 0.804. The van der Waals surface area contributed by atoms with Crippen molar-refractivity contribution in [3.63, 3.8) is 0 Å². The number of benzene rings is 2. The minimum Gasteiger partial charge on any atom is -0.381 e. The molecule has 0 radical (unpaired) electrons. The monoisotopic (exact) mass is 257 g/mol. The molecular formula is C16H16ClN. The first kappa shape index (κ1) is 12.7. The lowest BCUT2D eigenvalue weighted by Crippen LogP contribution is -2.12. The van der Waals surface area contributed by atoms with Crippen molar-refractivity contribution in [1.82, 2.24) is 5.32 Å². The predicted octanol–water partition coefficient (Wildman–Crippen LogP) is 4.06. The van der Waals surface area contributed by atoms with Crippen molar-refractivity contribution >= 4 is 17.3 Å². The highest BCUT2D eigenvalue weighted by Gasteiger charge is 2.00. The molecule has 1 nitrogen and oxygen atoms in total. The van der Waals surface area contributed by atoms with Gasteiger partial charge in [-0.15, -0.1) is 11.6 Å². The van der Waals surface area contributed by atoms with Gasteiger partial charge in [0.25, 0.3) is 0 Å². The van der Waals surface area contributed by atoms with Gasteiger partial charge in [-0.1, -0.05) is 60.7 Å². The zero-order valence-electron chi connectivity index (χ0n) is 10.1. The molecule has 2 aromatic rings. The van der Waals surface area contributed by atoms with Crippen LogP contribution in [0.25, 0.3) is 5.70 Å². The van der Waals surface area contributed by atoms with Gasteiger partial charge >= 0.3 is 0 Å². The Morgan fingerprint density at radius 3 is 2.17 bits per heavy atom. The van der Waals surface area contributed by atoms with Crippen LogP contribution in [0.3, 0.4) is 0 Å². The summed E-state index contributed by atoms with van der Waals surface area (Å²) in [6.07, 6.45) is 2.00. The first-order valence-corrected chi connectivity index (χ1v) is 6.53. The predicted molar refractivity (Wildman–Crippen MR) is 78.4 cm³/mol. The van der Waals surface area contributed by atoms with Crippen LogP contribution in [0.5, 0.6) is 0 Å². The van der Waals surface area contributed by atoms with E-state index < -0.39 is 0 Å². The van der Waals surface area contributed by atoms with Crippen molar-refractivity contribution in [3.8, 4) is 0 Å². The maximum atomic E-state index is 5.81. The van der Waals surface area contributed by atoms with E-state index in [0.29, 0.717) is 5.88 Å². The average Bonchev–Trinajstić information content (AvgIpc) is 2.45. The Balaban J connectivity index is 2.07. The maximum Gasteiger partial charge on any atom is 0.0427 e. The zero-order valence-corrected chi connectivity index (χ0v) is 10.9. The number of hydrogen-bond donors (Lipinski definition) is 1. The van der Waals surface area contributed by atoms with Gasteiger partial charge in [-0.3, -0.25) is 0 Å². The fraction of sp³-hybridized carbons (Fsp3) is 0.125. The molecule has 0 spiro atoms. The van der Waals surface area contributed by atoms with Gasteiger partial charge < -0.3 is 5.32 Å². The van der Waals surface area contributed by atoms with Crippen LogP contribution in [0.2, 0.25) is 0 Å². The smallest absolute Gasteiger partial charge is 0.0427 e. The molecule has 2 rings (SSSR count). The van der Waals surface area contributed by atoms with E-state index in [4.69, 9.17) is 11.6 Å². The molecule has 0 aromatic heterocycles. The number of nitrogens with one attached hydrogen (secondary N) is 1. The molecule has 0 unspecified atom stereocenters. The van der Waals surface area contributed by atoms with Crippen LogP contribution in [-0.2, 0) is 6.54 Å². The first-order valence-electron chi connectivity index (χ1n) is 5.99. The topological polar surface area (TPSA) is 12.0 Å². The van der Waals surface area contributed by atoms with Crippen LogP contribution < -0.4 is 5.32 Å². The molecule has 0 heterocycles. The lowest BCUT2D eigenvalue weighted by molar-refractivity contribution is 0.888. The van der Waals surface area contributed by atoms with Crippen molar-refractivity contribution in [3.05, 3.63) is 77.9 Å².